The molecule has 0 spiro atoms. The lowest BCUT2D eigenvalue weighted by Crippen LogP contribution is -2.44. The monoisotopic (exact) mass is 445 g/mol. The van der Waals surface area contributed by atoms with Crippen molar-refractivity contribution in [2.24, 2.45) is 5.92 Å². The average Bonchev–Trinajstić information content (AvgIpc) is 3.28. The summed E-state index contributed by atoms with van der Waals surface area (Å²) < 4.78 is 0.842. The van der Waals surface area contributed by atoms with Gasteiger partial charge in [-0.05, 0) is 42.3 Å². The van der Waals surface area contributed by atoms with Crippen LogP contribution < -0.4 is 4.90 Å². The van der Waals surface area contributed by atoms with Gasteiger partial charge in [0.25, 0.3) is 5.91 Å². The van der Waals surface area contributed by atoms with Gasteiger partial charge in [-0.2, -0.15) is 0 Å². The lowest BCUT2D eigenvalue weighted by Gasteiger charge is -2.29. The third-order valence-corrected chi connectivity index (χ3v) is 6.43. The van der Waals surface area contributed by atoms with Crippen molar-refractivity contribution < 1.29 is 9.59 Å². The number of amides is 2. The second kappa shape index (κ2) is 6.41. The molecule has 0 saturated carbocycles. The molecule has 7 heteroatoms. The molecule has 3 heterocycles. The van der Waals surface area contributed by atoms with Gasteiger partial charge in [-0.25, -0.2) is 14.9 Å². The molecule has 3 aliphatic rings. The Kier molecular flexibility index (Phi) is 4.13. The van der Waals surface area contributed by atoms with Crippen molar-refractivity contribution in [1.29, 1.82) is 0 Å². The fourth-order valence-corrected chi connectivity index (χ4v) is 5.16. The Hall–Kier alpha value is -1.73. The summed E-state index contributed by atoms with van der Waals surface area (Å²) in [5.74, 6) is -0.665. The van der Waals surface area contributed by atoms with Crippen molar-refractivity contribution >= 4 is 45.0 Å². The van der Waals surface area contributed by atoms with E-state index in [9.17, 15) is 9.59 Å². The molecule has 0 radical (unpaired) electrons. The Morgan fingerprint density at radius 2 is 1.63 bits per heavy atom. The molecule has 3 fully saturated rings. The largest absolute Gasteiger partial charge is 0.274 e. The molecule has 3 atom stereocenters. The highest BCUT2D eigenvalue weighted by atomic mass is 79.9. The van der Waals surface area contributed by atoms with Gasteiger partial charge in [0.1, 0.15) is 6.04 Å². The lowest BCUT2D eigenvalue weighted by molar-refractivity contribution is -0.126. The molecule has 0 bridgehead atoms. The first-order valence-electron chi connectivity index (χ1n) is 8.98. The maximum atomic E-state index is 13.4. The van der Waals surface area contributed by atoms with Crippen molar-refractivity contribution in [1.82, 2.24) is 10.0 Å². The predicted molar refractivity (Wildman–Crippen MR) is 106 cm³/mol. The van der Waals surface area contributed by atoms with Crippen molar-refractivity contribution in [2.75, 3.05) is 18.0 Å². The Morgan fingerprint density at radius 3 is 2.33 bits per heavy atom. The molecule has 5 nitrogen and oxygen atoms in total. The lowest BCUT2D eigenvalue weighted by atomic mass is 9.90. The average molecular weight is 447 g/mol. The molecule has 0 aliphatic carbocycles. The Labute approximate surface area is 170 Å². The maximum absolute atomic E-state index is 13.4. The molecule has 5 rings (SSSR count). The number of imide groups is 1. The van der Waals surface area contributed by atoms with Gasteiger partial charge in [0, 0.05) is 22.6 Å². The van der Waals surface area contributed by atoms with E-state index in [1.165, 1.54) is 4.90 Å². The van der Waals surface area contributed by atoms with E-state index < -0.39 is 12.0 Å². The van der Waals surface area contributed by atoms with Gasteiger partial charge in [-0.15, -0.1) is 0 Å². The van der Waals surface area contributed by atoms with Crippen LogP contribution in [0.25, 0.3) is 0 Å². The summed E-state index contributed by atoms with van der Waals surface area (Å²) in [5.41, 5.74) is 1.64. The highest BCUT2D eigenvalue weighted by Gasteiger charge is 2.62. The summed E-state index contributed by atoms with van der Waals surface area (Å²) in [6.45, 7) is 1.66. The van der Waals surface area contributed by atoms with Crippen LogP contribution in [0.15, 0.2) is 53.0 Å². The van der Waals surface area contributed by atoms with Crippen molar-refractivity contribution in [3.63, 3.8) is 0 Å². The number of anilines is 1. The number of hydrogen-bond acceptors (Lipinski definition) is 4. The molecule has 138 valence electrons. The fraction of sp³-hybridized carbons (Fsp3) is 0.300. The van der Waals surface area contributed by atoms with Gasteiger partial charge in [0.05, 0.1) is 17.6 Å². The quantitative estimate of drug-likeness (QED) is 0.661. The first kappa shape index (κ1) is 17.4. The van der Waals surface area contributed by atoms with Gasteiger partial charge < -0.3 is 0 Å². The number of fused-ring (bicyclic) bond motifs is 3. The highest BCUT2D eigenvalue weighted by molar-refractivity contribution is 9.10. The standard InChI is InChI=1S/C20H17BrClN3O2/c21-13-3-1-4-15(11-13)25-19(26)16-17(12-5-7-14(22)8-6-12)23-9-2-10-24(23)18(16)20(25)27/h1,3-8,11,16-18H,2,9-10H2/t16-,17+,18-/m0/s1. The normalized spacial score (nSPS) is 28.1. The number of carbonyl (C=O) groups excluding carboxylic acids is 2. The van der Waals surface area contributed by atoms with Gasteiger partial charge >= 0.3 is 0 Å². The Bertz CT molecular complexity index is 935. The minimum absolute atomic E-state index is 0.127. The third-order valence-electron chi connectivity index (χ3n) is 5.68. The van der Waals surface area contributed by atoms with Gasteiger partial charge in [0.15, 0.2) is 0 Å². The number of halogens is 2. The third kappa shape index (κ3) is 2.58. The second-order valence-electron chi connectivity index (χ2n) is 7.14. The van der Waals surface area contributed by atoms with Crippen LogP contribution in [-0.2, 0) is 9.59 Å². The highest BCUT2D eigenvalue weighted by Crippen LogP contribution is 2.49. The number of benzene rings is 2. The van der Waals surface area contributed by atoms with Crippen molar-refractivity contribution in [3.8, 4) is 0 Å². The summed E-state index contributed by atoms with van der Waals surface area (Å²) in [7, 11) is 0. The molecule has 3 aliphatic heterocycles. The van der Waals surface area contributed by atoms with Gasteiger partial charge in [0.2, 0.25) is 5.91 Å². The van der Waals surface area contributed by atoms with E-state index in [2.05, 4.69) is 25.9 Å². The number of hydrazine groups is 1. The summed E-state index contributed by atoms with van der Waals surface area (Å²) in [6, 6.07) is 14.4. The van der Waals surface area contributed by atoms with Crippen LogP contribution in [0.4, 0.5) is 5.69 Å². The van der Waals surface area contributed by atoms with E-state index in [1.54, 1.807) is 6.07 Å². The number of nitrogens with zero attached hydrogens (tertiary/aromatic N) is 3. The maximum Gasteiger partial charge on any atom is 0.253 e. The van der Waals surface area contributed by atoms with E-state index in [4.69, 9.17) is 11.6 Å². The van der Waals surface area contributed by atoms with Gasteiger partial charge in [-0.3, -0.25) is 9.59 Å². The van der Waals surface area contributed by atoms with E-state index in [1.807, 2.05) is 42.5 Å². The second-order valence-corrected chi connectivity index (χ2v) is 8.49. The zero-order valence-corrected chi connectivity index (χ0v) is 16.7. The molecule has 3 saturated heterocycles. The predicted octanol–water partition coefficient (Wildman–Crippen LogP) is 3.64. The summed E-state index contributed by atoms with van der Waals surface area (Å²) in [5, 5.41) is 4.96. The minimum atomic E-state index is -0.431. The van der Waals surface area contributed by atoms with E-state index in [0.29, 0.717) is 10.7 Å². The fourth-order valence-electron chi connectivity index (χ4n) is 4.64. The van der Waals surface area contributed by atoms with Crippen molar-refractivity contribution in [2.45, 2.75) is 18.5 Å². The van der Waals surface area contributed by atoms with Crippen LogP contribution in [0.3, 0.4) is 0 Å². The van der Waals surface area contributed by atoms with E-state index >= 15 is 0 Å². The SMILES string of the molecule is O=C1[C@@H]2[C@@H](C(=O)N1c1cccc(Br)c1)N1CCCN1[C@@H]2c1ccc(Cl)cc1. The van der Waals surface area contributed by atoms with Crippen LogP contribution >= 0.6 is 27.5 Å². The molecule has 0 N–H and O–H groups in total. The van der Waals surface area contributed by atoms with Crippen LogP contribution in [0, 0.1) is 5.92 Å². The first-order valence-corrected chi connectivity index (χ1v) is 10.2. The van der Waals surface area contributed by atoms with Crippen LogP contribution in [0.1, 0.15) is 18.0 Å². The first-order chi connectivity index (χ1) is 13.1. The zero-order valence-electron chi connectivity index (χ0n) is 14.4. The Morgan fingerprint density at radius 1 is 0.926 bits per heavy atom. The molecule has 2 aromatic rings. The zero-order chi connectivity index (χ0) is 18.7. The molecule has 0 unspecified atom stereocenters. The smallest absolute Gasteiger partial charge is 0.253 e. The molecular weight excluding hydrogens is 430 g/mol. The molecule has 0 aromatic heterocycles. The number of rotatable bonds is 2. The molecular formula is C20H17BrClN3O2. The molecule has 2 aromatic carbocycles. The summed E-state index contributed by atoms with van der Waals surface area (Å²) in [4.78, 5) is 28.0. The summed E-state index contributed by atoms with van der Waals surface area (Å²) in [6.07, 6.45) is 0.992. The Balaban J connectivity index is 1.59. The van der Waals surface area contributed by atoms with Gasteiger partial charge in [-0.1, -0.05) is 45.7 Å². The van der Waals surface area contributed by atoms with E-state index in [0.717, 1.165) is 29.5 Å². The van der Waals surface area contributed by atoms with Crippen LogP contribution in [0.2, 0.25) is 5.02 Å². The molecule has 27 heavy (non-hydrogen) atoms. The topological polar surface area (TPSA) is 43.9 Å². The minimum Gasteiger partial charge on any atom is -0.274 e. The van der Waals surface area contributed by atoms with Crippen LogP contribution in [0.5, 0.6) is 0 Å². The van der Waals surface area contributed by atoms with Crippen molar-refractivity contribution in [3.05, 3.63) is 63.6 Å². The number of carbonyl (C=O) groups is 2. The molecule has 2 amide bonds. The van der Waals surface area contributed by atoms with Crippen LogP contribution in [-0.4, -0.2) is 41.0 Å². The number of hydrogen-bond donors (Lipinski definition) is 0. The van der Waals surface area contributed by atoms with E-state index in [-0.39, 0.29) is 17.9 Å². The summed E-state index contributed by atoms with van der Waals surface area (Å²) >= 11 is 9.48.